The summed E-state index contributed by atoms with van der Waals surface area (Å²) in [5, 5.41) is 3.83. The van der Waals surface area contributed by atoms with Crippen LogP contribution in [-0.2, 0) is 23.1 Å². The number of aromatic nitrogens is 2. The lowest BCUT2D eigenvalue weighted by atomic mass is 9.79. The second-order valence-electron chi connectivity index (χ2n) is 15.5. The van der Waals surface area contributed by atoms with Gasteiger partial charge in [0.25, 0.3) is 5.56 Å². The number of carbonyl (C=O) groups is 4. The Morgan fingerprint density at radius 1 is 0.857 bits per heavy atom. The molecule has 0 radical (unpaired) electrons. The Morgan fingerprint density at radius 3 is 2.39 bits per heavy atom. The van der Waals surface area contributed by atoms with Crippen molar-refractivity contribution in [2.75, 3.05) is 50.7 Å². The van der Waals surface area contributed by atoms with E-state index in [4.69, 9.17) is 9.47 Å². The second kappa shape index (κ2) is 16.7. The highest BCUT2D eigenvalue weighted by Crippen LogP contribution is 2.42. The van der Waals surface area contributed by atoms with Gasteiger partial charge in [-0.15, -0.1) is 0 Å². The normalized spacial score (nSPS) is 18.1. The number of imide groups is 1. The molecule has 0 spiro atoms. The quantitative estimate of drug-likeness (QED) is 0.0887. The van der Waals surface area contributed by atoms with E-state index >= 15 is 0 Å². The Morgan fingerprint density at radius 2 is 1.62 bits per heavy atom. The van der Waals surface area contributed by atoms with Gasteiger partial charge in [0, 0.05) is 99.6 Å². The molecule has 56 heavy (non-hydrogen) atoms. The summed E-state index contributed by atoms with van der Waals surface area (Å²) in [6, 6.07) is 11.3. The first-order chi connectivity index (χ1) is 27.0. The summed E-state index contributed by atoms with van der Waals surface area (Å²) in [5.74, 6) is -0.357. The fourth-order valence-electron chi connectivity index (χ4n) is 8.60. The van der Waals surface area contributed by atoms with Crippen LogP contribution >= 0.6 is 0 Å². The van der Waals surface area contributed by atoms with E-state index in [1.165, 1.54) is 11.3 Å². The van der Waals surface area contributed by atoms with Gasteiger partial charge in [-0.2, -0.15) is 0 Å². The number of pyridine rings is 2. The number of hydrogen-bond donors (Lipinski definition) is 1. The highest BCUT2D eigenvalue weighted by atomic mass is 16.5. The SMILES string of the molecule is COc1cc(-c2cn(C)c(=O)c3cnc(N(C)C)cc23)c2c(c1)N(CCCCCCCCOc1cccc3c1C(=O)CCC(C1CCC(=O)NC1=O)C3=O)CC2. The topological polar surface area (TPSA) is 140 Å². The highest BCUT2D eigenvalue weighted by Gasteiger charge is 2.41. The van der Waals surface area contributed by atoms with Gasteiger partial charge in [0.15, 0.2) is 11.6 Å². The first-order valence-corrected chi connectivity index (χ1v) is 19.9. The molecule has 2 amide bonds. The van der Waals surface area contributed by atoms with Crippen LogP contribution in [0.25, 0.3) is 21.9 Å². The largest absolute Gasteiger partial charge is 0.497 e. The highest BCUT2D eigenvalue weighted by molar-refractivity contribution is 6.14. The summed E-state index contributed by atoms with van der Waals surface area (Å²) in [7, 11) is 7.37. The van der Waals surface area contributed by atoms with Crippen LogP contribution in [0.1, 0.15) is 90.5 Å². The first-order valence-electron chi connectivity index (χ1n) is 19.9. The molecule has 0 saturated carbocycles. The standard InChI is InChI=1S/C44H51N5O7/c1-47(2)39-24-33-34(25-45-39)44(54)48(3)26-35(33)32-22-27(55-4)23-36-28(32)18-20-49(36)19-9-7-5-6-8-10-21-56-38-13-11-12-31-41(38)37(50)16-14-29(42(31)52)30-15-17-40(51)46-43(30)53/h11-13,22-26,29-30H,5-10,14-21H2,1-4H3,(H,46,51,53). The lowest BCUT2D eigenvalue weighted by Crippen LogP contribution is -2.45. The Balaban J connectivity index is 0.917. The second-order valence-corrected chi connectivity index (χ2v) is 15.5. The predicted molar refractivity (Wildman–Crippen MR) is 216 cm³/mol. The zero-order chi connectivity index (χ0) is 39.5. The number of Topliss-reactive ketones (excluding diaryl/α,β-unsaturated/α-hetero) is 2. The fourth-order valence-corrected chi connectivity index (χ4v) is 8.60. The van der Waals surface area contributed by atoms with Gasteiger partial charge in [0.1, 0.15) is 17.3 Å². The van der Waals surface area contributed by atoms with Gasteiger partial charge in [0.05, 0.1) is 24.7 Å². The lowest BCUT2D eigenvalue weighted by Gasteiger charge is -2.27. The van der Waals surface area contributed by atoms with Crippen molar-refractivity contribution in [3.8, 4) is 22.6 Å². The maximum absolute atomic E-state index is 13.6. The Bertz CT molecular complexity index is 2250. The van der Waals surface area contributed by atoms with Crippen LogP contribution in [-0.4, -0.2) is 73.8 Å². The Kier molecular flexibility index (Phi) is 11.5. The van der Waals surface area contributed by atoms with Gasteiger partial charge in [0.2, 0.25) is 11.8 Å². The smallest absolute Gasteiger partial charge is 0.259 e. The van der Waals surface area contributed by atoms with Crippen LogP contribution in [0.2, 0.25) is 0 Å². The van der Waals surface area contributed by atoms with Crippen molar-refractivity contribution in [3.05, 3.63) is 75.8 Å². The number of benzene rings is 2. The summed E-state index contributed by atoms with van der Waals surface area (Å²) >= 11 is 0. The van der Waals surface area contributed by atoms with Gasteiger partial charge < -0.3 is 23.8 Å². The molecular weight excluding hydrogens is 711 g/mol. The molecule has 4 aromatic rings. The van der Waals surface area contributed by atoms with Crippen molar-refractivity contribution in [2.45, 2.75) is 70.6 Å². The molecule has 2 unspecified atom stereocenters. The van der Waals surface area contributed by atoms with Gasteiger partial charge in [-0.05, 0) is 61.4 Å². The van der Waals surface area contributed by atoms with Crippen molar-refractivity contribution >= 4 is 45.7 Å². The molecule has 2 aliphatic heterocycles. The van der Waals surface area contributed by atoms with E-state index in [9.17, 15) is 24.0 Å². The molecule has 2 aromatic carbocycles. The third-order valence-electron chi connectivity index (χ3n) is 11.6. The van der Waals surface area contributed by atoms with Crippen LogP contribution in [0.15, 0.2) is 53.6 Å². The van der Waals surface area contributed by atoms with E-state index in [2.05, 4.69) is 27.3 Å². The van der Waals surface area contributed by atoms with Gasteiger partial charge in [-0.1, -0.05) is 37.8 Å². The molecule has 4 heterocycles. The minimum Gasteiger partial charge on any atom is -0.497 e. The number of amides is 2. The minimum absolute atomic E-state index is 0.0716. The van der Waals surface area contributed by atoms with E-state index in [0.717, 1.165) is 86.1 Å². The van der Waals surface area contributed by atoms with Crippen LogP contribution in [0, 0.1) is 11.8 Å². The van der Waals surface area contributed by atoms with E-state index in [-0.39, 0.29) is 42.3 Å². The number of nitrogens with zero attached hydrogens (tertiary/aromatic N) is 4. The van der Waals surface area contributed by atoms with Gasteiger partial charge in [-0.25, -0.2) is 4.98 Å². The maximum Gasteiger partial charge on any atom is 0.259 e. The average Bonchev–Trinajstić information content (AvgIpc) is 3.55. The predicted octanol–water partition coefficient (Wildman–Crippen LogP) is 6.29. The minimum atomic E-state index is -0.633. The van der Waals surface area contributed by atoms with Crippen molar-refractivity contribution in [3.63, 3.8) is 0 Å². The molecular formula is C44H51N5O7. The van der Waals surface area contributed by atoms with Crippen LogP contribution in [0.5, 0.6) is 11.5 Å². The van der Waals surface area contributed by atoms with Crippen LogP contribution < -0.4 is 30.1 Å². The summed E-state index contributed by atoms with van der Waals surface area (Å²) in [5.41, 5.74) is 5.09. The number of ether oxygens (including phenoxy) is 2. The molecule has 12 heteroatoms. The van der Waals surface area contributed by atoms with Gasteiger partial charge in [-0.3, -0.25) is 29.3 Å². The molecule has 3 aliphatic rings. The number of piperidine rings is 1. The Labute approximate surface area is 327 Å². The third-order valence-corrected chi connectivity index (χ3v) is 11.6. The fraction of sp³-hybridized carbons (Fsp3) is 0.455. The van der Waals surface area contributed by atoms with Crippen molar-refractivity contribution in [1.29, 1.82) is 0 Å². The number of unbranched alkanes of at least 4 members (excludes halogenated alkanes) is 5. The van der Waals surface area contributed by atoms with Crippen molar-refractivity contribution < 1.29 is 28.7 Å². The number of ketones is 2. The van der Waals surface area contributed by atoms with Crippen LogP contribution in [0.4, 0.5) is 11.5 Å². The number of carbonyl (C=O) groups excluding carboxylic acids is 4. The van der Waals surface area contributed by atoms with E-state index in [0.29, 0.717) is 35.3 Å². The molecule has 2 atom stereocenters. The van der Waals surface area contributed by atoms with E-state index in [1.54, 1.807) is 43.1 Å². The van der Waals surface area contributed by atoms with E-state index < -0.39 is 17.7 Å². The van der Waals surface area contributed by atoms with Gasteiger partial charge >= 0.3 is 0 Å². The molecule has 1 N–H and O–H groups in total. The molecule has 7 rings (SSSR count). The number of hydrogen-bond acceptors (Lipinski definition) is 10. The number of anilines is 2. The maximum atomic E-state index is 13.6. The number of nitrogens with one attached hydrogen (secondary N) is 1. The summed E-state index contributed by atoms with van der Waals surface area (Å²) in [4.78, 5) is 73.1. The summed E-state index contributed by atoms with van der Waals surface area (Å²) < 4.78 is 13.5. The van der Waals surface area contributed by atoms with Crippen molar-refractivity contribution in [2.24, 2.45) is 18.9 Å². The van der Waals surface area contributed by atoms with Crippen LogP contribution in [0.3, 0.4) is 0 Å². The number of fused-ring (bicyclic) bond motifs is 3. The lowest BCUT2D eigenvalue weighted by molar-refractivity contribution is -0.137. The van der Waals surface area contributed by atoms with E-state index in [1.807, 2.05) is 31.3 Å². The zero-order valence-electron chi connectivity index (χ0n) is 32.8. The third kappa shape index (κ3) is 7.79. The molecule has 1 saturated heterocycles. The molecule has 12 nitrogen and oxygen atoms in total. The summed E-state index contributed by atoms with van der Waals surface area (Å²) in [6.07, 6.45) is 11.6. The number of methoxy groups -OCH3 is 1. The number of rotatable bonds is 14. The monoisotopic (exact) mass is 761 g/mol. The molecule has 0 bridgehead atoms. The molecule has 1 aliphatic carbocycles. The molecule has 1 fully saturated rings. The molecule has 294 valence electrons. The Hall–Kier alpha value is -5.52. The van der Waals surface area contributed by atoms with Crippen molar-refractivity contribution in [1.82, 2.24) is 14.9 Å². The first kappa shape index (κ1) is 38.7. The summed E-state index contributed by atoms with van der Waals surface area (Å²) in [6.45, 7) is 2.32. The average molecular weight is 762 g/mol. The zero-order valence-corrected chi connectivity index (χ0v) is 32.8. The number of aryl methyl sites for hydroxylation is 1. The molecule has 2 aromatic heterocycles.